The van der Waals surface area contributed by atoms with Gasteiger partial charge in [-0.25, -0.2) is 14.2 Å². The first-order chi connectivity index (χ1) is 19.1. The van der Waals surface area contributed by atoms with E-state index in [1.54, 1.807) is 23.4 Å². The number of halogens is 2. The molecule has 1 fully saturated rings. The Morgan fingerprint density at radius 1 is 1.15 bits per heavy atom. The summed E-state index contributed by atoms with van der Waals surface area (Å²) in [5.41, 5.74) is 7.07. The van der Waals surface area contributed by atoms with Gasteiger partial charge >= 0.3 is 6.09 Å². The minimum absolute atomic E-state index is 0.0310. The number of amides is 1. The highest BCUT2D eigenvalue weighted by Gasteiger charge is 2.29. The largest absolute Gasteiger partial charge is 0.494 e. The van der Waals surface area contributed by atoms with Gasteiger partial charge < -0.3 is 20.1 Å². The van der Waals surface area contributed by atoms with Crippen LogP contribution in [0.3, 0.4) is 0 Å². The number of ether oxygens (including phenoxy) is 2. The topological polar surface area (TPSA) is 139 Å². The number of carbonyl (C=O) groups is 1. The standard InChI is InChI=1S/C26H29F2N9O3/c1-26(2,3)40-25(38)35-9-5-6-17(14-35)36-13-16(12-31-36)15-10-18(23(29)30-11-15)24-32-33-34-37(24)19-7-8-20(39-4)22(28)21(19)27/h7-8,10-13,17H,5-6,9,14H2,1-4H3,(H2,29,30). The second-order valence-corrected chi connectivity index (χ2v) is 10.4. The zero-order valence-electron chi connectivity index (χ0n) is 22.5. The lowest BCUT2D eigenvalue weighted by Crippen LogP contribution is -2.43. The number of carbonyl (C=O) groups excluding carboxylic acids is 1. The molecule has 1 amide bonds. The van der Waals surface area contributed by atoms with Gasteiger partial charge in [-0.1, -0.05) is 0 Å². The number of aromatic nitrogens is 7. The Morgan fingerprint density at radius 3 is 2.70 bits per heavy atom. The van der Waals surface area contributed by atoms with E-state index in [9.17, 15) is 13.6 Å². The summed E-state index contributed by atoms with van der Waals surface area (Å²) in [7, 11) is 1.24. The molecule has 12 nitrogen and oxygen atoms in total. The van der Waals surface area contributed by atoms with Crippen molar-refractivity contribution in [1.82, 2.24) is 39.9 Å². The van der Waals surface area contributed by atoms with Gasteiger partial charge in [0.2, 0.25) is 5.82 Å². The molecule has 1 unspecified atom stereocenters. The molecule has 1 aliphatic rings. The van der Waals surface area contributed by atoms with E-state index in [2.05, 4.69) is 25.6 Å². The van der Waals surface area contributed by atoms with Gasteiger partial charge in [0.25, 0.3) is 0 Å². The number of methoxy groups -OCH3 is 1. The number of nitrogen functional groups attached to an aromatic ring is 1. The Labute approximate surface area is 228 Å². The predicted molar refractivity (Wildman–Crippen MR) is 141 cm³/mol. The van der Waals surface area contributed by atoms with E-state index in [1.807, 2.05) is 31.6 Å². The van der Waals surface area contributed by atoms with Crippen LogP contribution in [0, 0.1) is 11.6 Å². The predicted octanol–water partition coefficient (Wildman–Crippen LogP) is 4.03. The molecule has 2 N–H and O–H groups in total. The van der Waals surface area contributed by atoms with Gasteiger partial charge in [0.05, 0.1) is 24.9 Å². The third kappa shape index (κ3) is 5.28. The molecule has 0 aliphatic carbocycles. The molecule has 40 heavy (non-hydrogen) atoms. The van der Waals surface area contributed by atoms with Gasteiger partial charge in [0.1, 0.15) is 17.1 Å². The normalized spacial score (nSPS) is 15.8. The monoisotopic (exact) mass is 553 g/mol. The molecule has 0 saturated carbocycles. The highest BCUT2D eigenvalue weighted by atomic mass is 19.2. The van der Waals surface area contributed by atoms with E-state index in [1.165, 1.54) is 19.2 Å². The van der Waals surface area contributed by atoms with E-state index in [0.29, 0.717) is 24.2 Å². The van der Waals surface area contributed by atoms with E-state index in [-0.39, 0.29) is 35.2 Å². The number of tetrazole rings is 1. The van der Waals surface area contributed by atoms with Crippen molar-refractivity contribution in [2.45, 2.75) is 45.3 Å². The van der Waals surface area contributed by atoms with Crippen LogP contribution < -0.4 is 10.5 Å². The molecule has 14 heteroatoms. The smallest absolute Gasteiger partial charge is 0.410 e. The first-order valence-electron chi connectivity index (χ1n) is 12.6. The first kappa shape index (κ1) is 27.0. The lowest BCUT2D eigenvalue weighted by Gasteiger charge is -2.34. The fourth-order valence-corrected chi connectivity index (χ4v) is 4.52. The number of nitrogens with zero attached hydrogens (tertiary/aromatic N) is 8. The number of hydrogen-bond acceptors (Lipinski definition) is 9. The molecule has 1 atom stereocenters. The van der Waals surface area contributed by atoms with Crippen LogP contribution in [-0.2, 0) is 4.74 Å². The SMILES string of the molecule is COc1ccc(-n2nnnc2-c2cc(-c3cnn(C4CCCN(C(=O)OC(C)(C)C)C4)c3)cnc2N)c(F)c1F. The molecule has 4 heterocycles. The lowest BCUT2D eigenvalue weighted by atomic mass is 10.1. The van der Waals surface area contributed by atoms with Gasteiger partial charge in [-0.05, 0) is 62.2 Å². The molecule has 210 valence electrons. The summed E-state index contributed by atoms with van der Waals surface area (Å²) in [6.07, 6.45) is 6.45. The second-order valence-electron chi connectivity index (χ2n) is 10.4. The minimum Gasteiger partial charge on any atom is -0.494 e. The van der Waals surface area contributed by atoms with Crippen molar-refractivity contribution in [1.29, 1.82) is 0 Å². The molecular formula is C26H29F2N9O3. The fraction of sp³-hybridized carbons (Fsp3) is 0.385. The van der Waals surface area contributed by atoms with Crippen LogP contribution in [0.2, 0.25) is 0 Å². The third-order valence-electron chi connectivity index (χ3n) is 6.46. The zero-order chi connectivity index (χ0) is 28.6. The summed E-state index contributed by atoms with van der Waals surface area (Å²) in [6.45, 7) is 6.61. The molecule has 4 aromatic rings. The summed E-state index contributed by atoms with van der Waals surface area (Å²) in [5.74, 6) is -2.42. The van der Waals surface area contributed by atoms with Crippen LogP contribution in [0.25, 0.3) is 28.2 Å². The molecule has 3 aromatic heterocycles. The number of likely N-dealkylation sites (tertiary alicyclic amines) is 1. The Balaban J connectivity index is 1.42. The van der Waals surface area contributed by atoms with Crippen LogP contribution >= 0.6 is 0 Å². The van der Waals surface area contributed by atoms with Crippen LogP contribution in [-0.4, -0.2) is 71.8 Å². The maximum absolute atomic E-state index is 14.8. The van der Waals surface area contributed by atoms with Crippen LogP contribution in [0.4, 0.5) is 19.4 Å². The van der Waals surface area contributed by atoms with Crippen molar-refractivity contribution < 1.29 is 23.0 Å². The number of nitrogens with two attached hydrogens (primary N) is 1. The average Bonchev–Trinajstić information content (AvgIpc) is 3.60. The van der Waals surface area contributed by atoms with E-state index in [0.717, 1.165) is 23.1 Å². The molecule has 0 radical (unpaired) electrons. The molecule has 1 aliphatic heterocycles. The lowest BCUT2D eigenvalue weighted by molar-refractivity contribution is 0.0167. The maximum Gasteiger partial charge on any atom is 0.410 e. The van der Waals surface area contributed by atoms with Crippen LogP contribution in [0.15, 0.2) is 36.8 Å². The molecule has 1 saturated heterocycles. The highest BCUT2D eigenvalue weighted by Crippen LogP contribution is 2.32. The Morgan fingerprint density at radius 2 is 1.95 bits per heavy atom. The fourth-order valence-electron chi connectivity index (χ4n) is 4.52. The number of hydrogen-bond donors (Lipinski definition) is 1. The van der Waals surface area contributed by atoms with Crippen LogP contribution in [0.1, 0.15) is 39.7 Å². The summed E-state index contributed by atoms with van der Waals surface area (Å²) < 4.78 is 42.5. The number of pyridine rings is 1. The minimum atomic E-state index is -1.18. The van der Waals surface area contributed by atoms with Crippen molar-refractivity contribution in [3.8, 4) is 34.0 Å². The quantitative estimate of drug-likeness (QED) is 0.388. The average molecular weight is 554 g/mol. The molecule has 0 spiro atoms. The van der Waals surface area contributed by atoms with Gasteiger partial charge in [-0.3, -0.25) is 4.68 Å². The summed E-state index contributed by atoms with van der Waals surface area (Å²) in [6, 6.07) is 4.26. The summed E-state index contributed by atoms with van der Waals surface area (Å²) >= 11 is 0. The van der Waals surface area contributed by atoms with Crippen molar-refractivity contribution >= 4 is 11.9 Å². The number of rotatable bonds is 5. The van der Waals surface area contributed by atoms with E-state index >= 15 is 0 Å². The van der Waals surface area contributed by atoms with Gasteiger partial charge in [-0.15, -0.1) is 5.10 Å². The highest BCUT2D eigenvalue weighted by molar-refractivity contribution is 5.76. The van der Waals surface area contributed by atoms with Gasteiger partial charge in [-0.2, -0.15) is 14.2 Å². The van der Waals surface area contributed by atoms with Gasteiger partial charge in [0.15, 0.2) is 17.4 Å². The Kier molecular flexibility index (Phi) is 7.08. The van der Waals surface area contributed by atoms with Crippen molar-refractivity contribution in [2.24, 2.45) is 0 Å². The van der Waals surface area contributed by atoms with E-state index < -0.39 is 17.2 Å². The maximum atomic E-state index is 14.8. The molecular weight excluding hydrogens is 524 g/mol. The number of anilines is 1. The Bertz CT molecular complexity index is 1550. The van der Waals surface area contributed by atoms with Crippen LogP contribution in [0.5, 0.6) is 5.75 Å². The third-order valence-corrected chi connectivity index (χ3v) is 6.46. The van der Waals surface area contributed by atoms with E-state index in [4.69, 9.17) is 15.2 Å². The zero-order valence-corrected chi connectivity index (χ0v) is 22.5. The molecule has 1 aromatic carbocycles. The number of piperidine rings is 1. The first-order valence-corrected chi connectivity index (χ1v) is 12.6. The van der Waals surface area contributed by atoms with Crippen molar-refractivity contribution in [3.63, 3.8) is 0 Å². The molecule has 0 bridgehead atoms. The number of benzene rings is 1. The van der Waals surface area contributed by atoms with Gasteiger partial charge in [0, 0.05) is 36.6 Å². The summed E-state index contributed by atoms with van der Waals surface area (Å²) in [4.78, 5) is 18.6. The Hall–Kier alpha value is -4.62. The van der Waals surface area contributed by atoms with Crippen molar-refractivity contribution in [3.05, 3.63) is 48.4 Å². The summed E-state index contributed by atoms with van der Waals surface area (Å²) in [5, 5.41) is 16.0. The molecule has 5 rings (SSSR count). The second kappa shape index (κ2) is 10.5. The van der Waals surface area contributed by atoms with Crippen molar-refractivity contribution in [2.75, 3.05) is 25.9 Å².